The van der Waals surface area contributed by atoms with Crippen LogP contribution in [0.25, 0.3) is 0 Å². The molecule has 0 bridgehead atoms. The molecule has 0 aromatic heterocycles. The van der Waals surface area contributed by atoms with Crippen LogP contribution in [0.4, 0.5) is 4.79 Å². The fourth-order valence-corrected chi connectivity index (χ4v) is 4.31. The molecular formula is C18H26N2O2S. The molecule has 0 aliphatic carbocycles. The van der Waals surface area contributed by atoms with E-state index in [4.69, 9.17) is 4.74 Å². The number of amides is 1. The molecule has 126 valence electrons. The maximum atomic E-state index is 12.2. The number of hydrogen-bond donors (Lipinski definition) is 1. The summed E-state index contributed by atoms with van der Waals surface area (Å²) in [6, 6.07) is 9.41. The lowest BCUT2D eigenvalue weighted by Gasteiger charge is -2.29. The second-order valence-corrected chi connectivity index (χ2v) is 8.38. The van der Waals surface area contributed by atoms with E-state index in [1.54, 1.807) is 0 Å². The summed E-state index contributed by atoms with van der Waals surface area (Å²) in [6.07, 6.45) is 0.794. The van der Waals surface area contributed by atoms with Crippen LogP contribution in [0.2, 0.25) is 0 Å². The Balaban J connectivity index is 1.58. The number of hydrogen-bond acceptors (Lipinski definition) is 4. The molecule has 2 unspecified atom stereocenters. The van der Waals surface area contributed by atoms with Crippen LogP contribution < -0.4 is 5.32 Å². The van der Waals surface area contributed by atoms with Gasteiger partial charge < -0.3 is 15.0 Å². The second-order valence-electron chi connectivity index (χ2n) is 7.35. The molecular weight excluding hydrogens is 308 g/mol. The number of nitrogens with one attached hydrogen (secondary N) is 1. The molecule has 0 spiro atoms. The fourth-order valence-electron chi connectivity index (χ4n) is 3.19. The Hall–Kier alpha value is -1.20. The van der Waals surface area contributed by atoms with Gasteiger partial charge in [-0.1, -0.05) is 24.3 Å². The molecule has 3 rings (SSSR count). The fraction of sp³-hybridized carbons (Fsp3) is 0.611. The van der Waals surface area contributed by atoms with Gasteiger partial charge in [-0.15, -0.1) is 0 Å². The van der Waals surface area contributed by atoms with E-state index >= 15 is 0 Å². The summed E-state index contributed by atoms with van der Waals surface area (Å²) in [4.78, 5) is 14.0. The van der Waals surface area contributed by atoms with Gasteiger partial charge in [-0.2, -0.15) is 11.8 Å². The molecule has 5 heteroatoms. The highest BCUT2D eigenvalue weighted by atomic mass is 32.2. The largest absolute Gasteiger partial charge is 0.444 e. The van der Waals surface area contributed by atoms with Crippen LogP contribution in [-0.4, -0.2) is 41.5 Å². The number of thioether (sulfide) groups is 1. The first-order valence-corrected chi connectivity index (χ1v) is 9.47. The molecule has 1 amide bonds. The SMILES string of the molecule is CC(C)(C)OC(=O)N1CCC(NC2CSCc3ccccc32)C1. The van der Waals surface area contributed by atoms with E-state index in [9.17, 15) is 4.79 Å². The summed E-state index contributed by atoms with van der Waals surface area (Å²) in [5.74, 6) is 2.20. The maximum Gasteiger partial charge on any atom is 0.410 e. The van der Waals surface area contributed by atoms with Crippen molar-refractivity contribution in [1.82, 2.24) is 10.2 Å². The number of benzene rings is 1. The lowest BCUT2D eigenvalue weighted by atomic mass is 10.0. The lowest BCUT2D eigenvalue weighted by Crippen LogP contribution is -2.40. The Morgan fingerprint density at radius 3 is 2.91 bits per heavy atom. The smallest absolute Gasteiger partial charge is 0.410 e. The number of rotatable bonds is 2. The molecule has 1 aromatic carbocycles. The average Bonchev–Trinajstić information content (AvgIpc) is 2.95. The van der Waals surface area contributed by atoms with Gasteiger partial charge in [0.05, 0.1) is 0 Å². The van der Waals surface area contributed by atoms with Gasteiger partial charge in [0.1, 0.15) is 5.60 Å². The third-order valence-corrected chi connectivity index (χ3v) is 5.33. The highest BCUT2D eigenvalue weighted by molar-refractivity contribution is 7.98. The minimum atomic E-state index is -0.429. The summed E-state index contributed by atoms with van der Waals surface area (Å²) in [6.45, 7) is 7.24. The molecule has 2 atom stereocenters. The van der Waals surface area contributed by atoms with Gasteiger partial charge in [-0.25, -0.2) is 4.79 Å². The summed E-state index contributed by atoms with van der Waals surface area (Å²) in [5.41, 5.74) is 2.42. The zero-order chi connectivity index (χ0) is 16.4. The molecule has 0 radical (unpaired) electrons. The van der Waals surface area contributed by atoms with Crippen molar-refractivity contribution < 1.29 is 9.53 Å². The van der Waals surface area contributed by atoms with Gasteiger partial charge in [0.25, 0.3) is 0 Å². The van der Waals surface area contributed by atoms with Gasteiger partial charge in [0.2, 0.25) is 0 Å². The van der Waals surface area contributed by atoms with Gasteiger partial charge in [0, 0.05) is 36.7 Å². The number of carbonyl (C=O) groups is 1. The van der Waals surface area contributed by atoms with Gasteiger partial charge in [-0.3, -0.25) is 0 Å². The molecule has 2 aliphatic heterocycles. The number of nitrogens with zero attached hydrogens (tertiary/aromatic N) is 1. The van der Waals surface area contributed by atoms with Gasteiger partial charge in [-0.05, 0) is 38.3 Å². The van der Waals surface area contributed by atoms with E-state index in [2.05, 4.69) is 29.6 Å². The standard InChI is InChI=1S/C18H26N2O2S/c1-18(2,3)22-17(21)20-9-8-14(10-20)19-16-12-23-11-13-6-4-5-7-15(13)16/h4-7,14,16,19H,8-12H2,1-3H3. The number of ether oxygens (including phenoxy) is 1. The first-order valence-electron chi connectivity index (χ1n) is 8.32. The third-order valence-electron chi connectivity index (χ3n) is 4.25. The van der Waals surface area contributed by atoms with Crippen molar-refractivity contribution in [3.63, 3.8) is 0 Å². The normalized spacial score (nSPS) is 24.4. The summed E-state index contributed by atoms with van der Waals surface area (Å²) in [7, 11) is 0. The van der Waals surface area contributed by atoms with E-state index < -0.39 is 5.60 Å². The van der Waals surface area contributed by atoms with E-state index in [-0.39, 0.29) is 6.09 Å². The quantitative estimate of drug-likeness (QED) is 0.898. The van der Waals surface area contributed by atoms with Crippen LogP contribution >= 0.6 is 11.8 Å². The molecule has 2 heterocycles. The third kappa shape index (κ3) is 4.21. The number of likely N-dealkylation sites (tertiary alicyclic amines) is 1. The van der Waals surface area contributed by atoms with Gasteiger partial charge in [0.15, 0.2) is 0 Å². The first kappa shape index (κ1) is 16.7. The van der Waals surface area contributed by atoms with Crippen molar-refractivity contribution in [2.24, 2.45) is 0 Å². The predicted molar refractivity (Wildman–Crippen MR) is 94.7 cm³/mol. The lowest BCUT2D eigenvalue weighted by molar-refractivity contribution is 0.0290. The number of fused-ring (bicyclic) bond motifs is 1. The monoisotopic (exact) mass is 334 g/mol. The van der Waals surface area contributed by atoms with Crippen molar-refractivity contribution in [3.8, 4) is 0 Å². The first-order chi connectivity index (χ1) is 10.9. The topological polar surface area (TPSA) is 41.6 Å². The molecule has 4 nitrogen and oxygen atoms in total. The van der Waals surface area contributed by atoms with Crippen LogP contribution in [0.1, 0.15) is 44.4 Å². The number of carbonyl (C=O) groups excluding carboxylic acids is 1. The van der Waals surface area contributed by atoms with Crippen molar-refractivity contribution in [2.75, 3.05) is 18.8 Å². The summed E-state index contributed by atoms with van der Waals surface area (Å²) in [5, 5.41) is 3.75. The van der Waals surface area contributed by atoms with E-state index in [1.165, 1.54) is 11.1 Å². The van der Waals surface area contributed by atoms with Crippen LogP contribution in [0, 0.1) is 0 Å². The van der Waals surface area contributed by atoms with Crippen LogP contribution in [-0.2, 0) is 10.5 Å². The highest BCUT2D eigenvalue weighted by Crippen LogP contribution is 2.32. The Morgan fingerprint density at radius 1 is 1.35 bits per heavy atom. The van der Waals surface area contributed by atoms with E-state index in [1.807, 2.05) is 37.4 Å². The van der Waals surface area contributed by atoms with E-state index in [0.717, 1.165) is 31.0 Å². The summed E-state index contributed by atoms with van der Waals surface area (Å²) >= 11 is 1.98. The van der Waals surface area contributed by atoms with Crippen LogP contribution in [0.3, 0.4) is 0 Å². The molecule has 1 fully saturated rings. The zero-order valence-electron chi connectivity index (χ0n) is 14.2. The highest BCUT2D eigenvalue weighted by Gasteiger charge is 2.32. The van der Waals surface area contributed by atoms with Crippen LogP contribution in [0.5, 0.6) is 0 Å². The van der Waals surface area contributed by atoms with Crippen LogP contribution in [0.15, 0.2) is 24.3 Å². The summed E-state index contributed by atoms with van der Waals surface area (Å²) < 4.78 is 5.47. The Bertz CT molecular complexity index is 570. The van der Waals surface area contributed by atoms with Gasteiger partial charge >= 0.3 is 6.09 Å². The molecule has 1 N–H and O–H groups in total. The minimum absolute atomic E-state index is 0.194. The Kier molecular flexibility index (Phi) is 4.87. The second kappa shape index (κ2) is 6.73. The maximum absolute atomic E-state index is 12.2. The van der Waals surface area contributed by atoms with E-state index in [0.29, 0.717) is 12.1 Å². The van der Waals surface area contributed by atoms with Crippen molar-refractivity contribution in [3.05, 3.63) is 35.4 Å². The Labute approximate surface area is 143 Å². The molecule has 0 saturated carbocycles. The minimum Gasteiger partial charge on any atom is -0.444 e. The molecule has 1 aromatic rings. The zero-order valence-corrected chi connectivity index (χ0v) is 15.0. The van der Waals surface area contributed by atoms with Crippen molar-refractivity contribution in [2.45, 2.75) is 50.6 Å². The average molecular weight is 334 g/mol. The molecule has 23 heavy (non-hydrogen) atoms. The molecule has 2 aliphatic rings. The Morgan fingerprint density at radius 2 is 2.13 bits per heavy atom. The van der Waals surface area contributed by atoms with Crippen molar-refractivity contribution >= 4 is 17.9 Å². The van der Waals surface area contributed by atoms with Crippen molar-refractivity contribution in [1.29, 1.82) is 0 Å². The molecule has 1 saturated heterocycles. The predicted octanol–water partition coefficient (Wildman–Crippen LogP) is 3.57.